The number of hydrogen-bond acceptors (Lipinski definition) is 2. The summed E-state index contributed by atoms with van der Waals surface area (Å²) in [6.07, 6.45) is 6.10. The van der Waals surface area contributed by atoms with Crippen LogP contribution in [0.15, 0.2) is 0 Å². The van der Waals surface area contributed by atoms with Crippen molar-refractivity contribution in [3.63, 3.8) is 0 Å². The molecule has 3 nitrogen and oxygen atoms in total. The lowest BCUT2D eigenvalue weighted by atomic mass is 9.90. The monoisotopic (exact) mass is 255 g/mol. The summed E-state index contributed by atoms with van der Waals surface area (Å²) in [5.74, 6) is 0. The molecule has 0 bridgehead atoms. The van der Waals surface area contributed by atoms with Gasteiger partial charge in [-0.25, -0.2) is 0 Å². The molecule has 1 unspecified atom stereocenters. The molecule has 4 heteroatoms. The fraction of sp³-hybridized carbons (Fsp3) is 0.769. The molecule has 96 valence electrons. The van der Waals surface area contributed by atoms with E-state index in [0.29, 0.717) is 0 Å². The quantitative estimate of drug-likeness (QED) is 0.881. The predicted molar refractivity (Wildman–Crippen MR) is 71.5 cm³/mol. The predicted octanol–water partition coefficient (Wildman–Crippen LogP) is 2.85. The smallest absolute Gasteiger partial charge is 0.0847 e. The summed E-state index contributed by atoms with van der Waals surface area (Å²) < 4.78 is 1.93. The third kappa shape index (κ3) is 2.83. The average molecular weight is 256 g/mol. The summed E-state index contributed by atoms with van der Waals surface area (Å²) in [5.41, 5.74) is 2.25. The Bertz CT molecular complexity index is 390. The van der Waals surface area contributed by atoms with Gasteiger partial charge in [0.15, 0.2) is 0 Å². The Morgan fingerprint density at radius 1 is 1.41 bits per heavy atom. The van der Waals surface area contributed by atoms with Gasteiger partial charge < -0.3 is 5.32 Å². The topological polar surface area (TPSA) is 29.9 Å². The van der Waals surface area contributed by atoms with E-state index in [1.165, 1.54) is 25.7 Å². The number of aryl methyl sites for hydroxylation is 2. The van der Waals surface area contributed by atoms with Crippen LogP contribution in [0.2, 0.25) is 5.02 Å². The van der Waals surface area contributed by atoms with Gasteiger partial charge in [-0.05, 0) is 33.2 Å². The van der Waals surface area contributed by atoms with E-state index < -0.39 is 0 Å². The second-order valence-electron chi connectivity index (χ2n) is 5.44. The van der Waals surface area contributed by atoms with Crippen molar-refractivity contribution in [1.29, 1.82) is 0 Å². The Hall–Kier alpha value is -0.540. The van der Waals surface area contributed by atoms with E-state index in [1.807, 2.05) is 18.7 Å². The van der Waals surface area contributed by atoms with Gasteiger partial charge in [-0.3, -0.25) is 4.68 Å². The van der Waals surface area contributed by atoms with Crippen molar-refractivity contribution >= 4 is 11.6 Å². The molecule has 0 saturated carbocycles. The number of halogens is 1. The number of nitrogens with one attached hydrogen (secondary N) is 1. The highest BCUT2D eigenvalue weighted by atomic mass is 35.5. The molecule has 1 aliphatic rings. The maximum Gasteiger partial charge on any atom is 0.0847 e. The lowest BCUT2D eigenvalue weighted by molar-refractivity contribution is 0.338. The molecule has 0 aromatic carbocycles. The highest BCUT2D eigenvalue weighted by Gasteiger charge is 2.28. The van der Waals surface area contributed by atoms with Crippen molar-refractivity contribution in [2.75, 3.05) is 6.54 Å². The molecule has 0 amide bonds. The van der Waals surface area contributed by atoms with Gasteiger partial charge in [0.05, 0.1) is 16.4 Å². The first-order valence-electron chi connectivity index (χ1n) is 6.45. The second-order valence-corrected chi connectivity index (χ2v) is 5.82. The molecule has 0 radical (unpaired) electrons. The van der Waals surface area contributed by atoms with Crippen molar-refractivity contribution in [2.24, 2.45) is 7.05 Å². The van der Waals surface area contributed by atoms with Crippen LogP contribution in [0.3, 0.4) is 0 Å². The van der Waals surface area contributed by atoms with Crippen LogP contribution < -0.4 is 5.32 Å². The standard InChI is InChI=1S/C13H22ClN3/c1-10-12(14)11(17(3)16-10)9-13(2)7-5-4-6-8-15-13/h15H,4-9H2,1-3H3. The minimum Gasteiger partial charge on any atom is -0.311 e. The van der Waals surface area contributed by atoms with Crippen LogP contribution in [0.4, 0.5) is 0 Å². The first-order valence-corrected chi connectivity index (χ1v) is 6.83. The largest absolute Gasteiger partial charge is 0.311 e. The van der Waals surface area contributed by atoms with Crippen molar-refractivity contribution in [1.82, 2.24) is 15.1 Å². The SMILES string of the molecule is Cc1nn(C)c(CC2(C)CCCCCN2)c1Cl. The van der Waals surface area contributed by atoms with Gasteiger partial charge in [-0.15, -0.1) is 0 Å². The minimum absolute atomic E-state index is 0.167. The van der Waals surface area contributed by atoms with E-state index >= 15 is 0 Å². The molecule has 1 aromatic heterocycles. The molecule has 1 aliphatic heterocycles. The molecule has 1 saturated heterocycles. The number of hydrogen-bond donors (Lipinski definition) is 1. The maximum atomic E-state index is 6.32. The van der Waals surface area contributed by atoms with Crippen LogP contribution in [0.25, 0.3) is 0 Å². The van der Waals surface area contributed by atoms with Gasteiger partial charge in [0.2, 0.25) is 0 Å². The van der Waals surface area contributed by atoms with E-state index in [1.54, 1.807) is 0 Å². The highest BCUT2D eigenvalue weighted by Crippen LogP contribution is 2.27. The lowest BCUT2D eigenvalue weighted by Gasteiger charge is -2.29. The van der Waals surface area contributed by atoms with Gasteiger partial charge in [0.25, 0.3) is 0 Å². The summed E-state index contributed by atoms with van der Waals surface area (Å²) in [7, 11) is 1.98. The molecule has 17 heavy (non-hydrogen) atoms. The Kier molecular flexibility index (Phi) is 3.79. The Morgan fingerprint density at radius 3 is 2.82 bits per heavy atom. The van der Waals surface area contributed by atoms with E-state index in [9.17, 15) is 0 Å². The molecule has 0 aliphatic carbocycles. The number of nitrogens with zero attached hydrogens (tertiary/aromatic N) is 2. The second kappa shape index (κ2) is 4.99. The summed E-state index contributed by atoms with van der Waals surface area (Å²) in [6, 6.07) is 0. The fourth-order valence-corrected chi connectivity index (χ4v) is 2.92. The van der Waals surface area contributed by atoms with E-state index in [0.717, 1.165) is 29.4 Å². The fourth-order valence-electron chi connectivity index (χ4n) is 2.69. The molecular formula is C13H22ClN3. The minimum atomic E-state index is 0.167. The average Bonchev–Trinajstić information content (AvgIpc) is 2.48. The van der Waals surface area contributed by atoms with E-state index in [2.05, 4.69) is 17.3 Å². The molecule has 1 aromatic rings. The highest BCUT2D eigenvalue weighted by molar-refractivity contribution is 6.31. The van der Waals surface area contributed by atoms with Gasteiger partial charge in [0.1, 0.15) is 0 Å². The lowest BCUT2D eigenvalue weighted by Crippen LogP contribution is -2.44. The third-order valence-electron chi connectivity index (χ3n) is 3.78. The molecule has 1 fully saturated rings. The van der Waals surface area contributed by atoms with Crippen LogP contribution in [-0.2, 0) is 13.5 Å². The summed E-state index contributed by atoms with van der Waals surface area (Å²) >= 11 is 6.32. The van der Waals surface area contributed by atoms with Crippen LogP contribution in [0, 0.1) is 6.92 Å². The van der Waals surface area contributed by atoms with Crippen LogP contribution >= 0.6 is 11.6 Å². The third-order valence-corrected chi connectivity index (χ3v) is 4.27. The Balaban J connectivity index is 2.18. The Morgan fingerprint density at radius 2 is 2.18 bits per heavy atom. The van der Waals surface area contributed by atoms with Crippen LogP contribution in [-0.4, -0.2) is 21.9 Å². The first kappa shape index (κ1) is 12.9. The maximum absolute atomic E-state index is 6.32. The molecule has 2 heterocycles. The molecule has 1 atom stereocenters. The number of rotatable bonds is 2. The molecule has 0 spiro atoms. The van der Waals surface area contributed by atoms with E-state index in [4.69, 9.17) is 11.6 Å². The summed E-state index contributed by atoms with van der Waals surface area (Å²) in [4.78, 5) is 0. The van der Waals surface area contributed by atoms with Crippen molar-refractivity contribution < 1.29 is 0 Å². The zero-order chi connectivity index (χ0) is 12.5. The van der Waals surface area contributed by atoms with Gasteiger partial charge in [0, 0.05) is 19.0 Å². The summed E-state index contributed by atoms with van der Waals surface area (Å²) in [6.45, 7) is 5.39. The molecule has 2 rings (SSSR count). The zero-order valence-electron chi connectivity index (χ0n) is 11.0. The van der Waals surface area contributed by atoms with Crippen molar-refractivity contribution in [3.05, 3.63) is 16.4 Å². The van der Waals surface area contributed by atoms with Gasteiger partial charge in [-0.1, -0.05) is 24.4 Å². The normalized spacial score (nSPS) is 25.9. The van der Waals surface area contributed by atoms with Gasteiger partial charge >= 0.3 is 0 Å². The van der Waals surface area contributed by atoms with Crippen LogP contribution in [0.1, 0.15) is 44.0 Å². The Labute approximate surface area is 109 Å². The summed E-state index contributed by atoms with van der Waals surface area (Å²) in [5, 5.41) is 8.89. The molecular weight excluding hydrogens is 234 g/mol. The van der Waals surface area contributed by atoms with Gasteiger partial charge in [-0.2, -0.15) is 5.10 Å². The number of aromatic nitrogens is 2. The van der Waals surface area contributed by atoms with Crippen LogP contribution in [0.5, 0.6) is 0 Å². The van der Waals surface area contributed by atoms with Crippen molar-refractivity contribution in [2.45, 2.75) is 51.5 Å². The van der Waals surface area contributed by atoms with Crippen molar-refractivity contribution in [3.8, 4) is 0 Å². The first-order chi connectivity index (χ1) is 8.02. The zero-order valence-corrected chi connectivity index (χ0v) is 11.8. The molecule has 1 N–H and O–H groups in total. The van der Waals surface area contributed by atoms with E-state index in [-0.39, 0.29) is 5.54 Å².